The van der Waals surface area contributed by atoms with Crippen molar-refractivity contribution in [2.75, 3.05) is 31.1 Å². The number of hydrogen-bond acceptors (Lipinski definition) is 5. The zero-order valence-corrected chi connectivity index (χ0v) is 11.5. The molecule has 108 valence electrons. The predicted molar refractivity (Wildman–Crippen MR) is 74.8 cm³/mol. The Bertz CT molecular complexity index is 451. The van der Waals surface area contributed by atoms with E-state index in [2.05, 4.69) is 20.2 Å². The van der Waals surface area contributed by atoms with Crippen LogP contribution in [0.15, 0.2) is 12.4 Å². The highest BCUT2D eigenvalue weighted by Crippen LogP contribution is 2.16. The first kappa shape index (κ1) is 13.3. The number of rotatable bonds is 4. The molecule has 0 bridgehead atoms. The first-order valence-corrected chi connectivity index (χ1v) is 7.30. The lowest BCUT2D eigenvalue weighted by Gasteiger charge is -2.15. The van der Waals surface area contributed by atoms with Crippen LogP contribution in [0.1, 0.15) is 36.2 Å². The average Bonchev–Trinajstić information content (AvgIpc) is 3.18. The summed E-state index contributed by atoms with van der Waals surface area (Å²) in [5, 5.41) is 2.85. The van der Waals surface area contributed by atoms with Crippen LogP contribution in [0.5, 0.6) is 0 Å². The molecule has 1 amide bonds. The Hall–Kier alpha value is -1.69. The normalized spacial score (nSPS) is 22.2. The molecule has 2 aliphatic heterocycles. The maximum atomic E-state index is 12.0. The van der Waals surface area contributed by atoms with Gasteiger partial charge in [-0.1, -0.05) is 0 Å². The van der Waals surface area contributed by atoms with E-state index in [4.69, 9.17) is 4.74 Å². The molecule has 1 aromatic heterocycles. The van der Waals surface area contributed by atoms with E-state index >= 15 is 0 Å². The van der Waals surface area contributed by atoms with Gasteiger partial charge in [0.1, 0.15) is 11.5 Å². The smallest absolute Gasteiger partial charge is 0.271 e. The highest BCUT2D eigenvalue weighted by atomic mass is 16.5. The SMILES string of the molecule is O=C(NCC1CCCO1)c1cnc(N2CCCC2)cn1. The van der Waals surface area contributed by atoms with E-state index in [9.17, 15) is 4.79 Å². The second-order valence-corrected chi connectivity index (χ2v) is 5.30. The van der Waals surface area contributed by atoms with Gasteiger partial charge in [-0.15, -0.1) is 0 Å². The van der Waals surface area contributed by atoms with E-state index in [0.717, 1.165) is 38.4 Å². The first-order chi connectivity index (χ1) is 9.83. The quantitative estimate of drug-likeness (QED) is 0.888. The number of carbonyl (C=O) groups excluding carboxylic acids is 1. The summed E-state index contributed by atoms with van der Waals surface area (Å²) in [6.45, 7) is 3.40. The Balaban J connectivity index is 1.54. The fourth-order valence-electron chi connectivity index (χ4n) is 2.65. The Morgan fingerprint density at radius 3 is 2.80 bits per heavy atom. The minimum atomic E-state index is -0.180. The van der Waals surface area contributed by atoms with Crippen molar-refractivity contribution in [3.63, 3.8) is 0 Å². The lowest BCUT2D eigenvalue weighted by Crippen LogP contribution is -2.32. The van der Waals surface area contributed by atoms with Crippen LogP contribution in [0.2, 0.25) is 0 Å². The highest BCUT2D eigenvalue weighted by Gasteiger charge is 2.18. The summed E-state index contributed by atoms with van der Waals surface area (Å²) >= 11 is 0. The van der Waals surface area contributed by atoms with Crippen LogP contribution in [-0.2, 0) is 4.74 Å². The van der Waals surface area contributed by atoms with Gasteiger partial charge in [-0.05, 0) is 25.7 Å². The van der Waals surface area contributed by atoms with Gasteiger partial charge in [-0.2, -0.15) is 0 Å². The molecule has 0 spiro atoms. The zero-order valence-electron chi connectivity index (χ0n) is 11.5. The van der Waals surface area contributed by atoms with Crippen LogP contribution in [0.4, 0.5) is 5.82 Å². The largest absolute Gasteiger partial charge is 0.376 e. The van der Waals surface area contributed by atoms with Gasteiger partial charge in [0, 0.05) is 26.2 Å². The molecule has 2 fully saturated rings. The predicted octanol–water partition coefficient (Wildman–Crippen LogP) is 0.986. The molecule has 0 aliphatic carbocycles. The van der Waals surface area contributed by atoms with Crippen molar-refractivity contribution in [2.24, 2.45) is 0 Å². The van der Waals surface area contributed by atoms with Gasteiger partial charge in [-0.25, -0.2) is 9.97 Å². The maximum Gasteiger partial charge on any atom is 0.271 e. The lowest BCUT2D eigenvalue weighted by molar-refractivity contribution is 0.0853. The molecule has 20 heavy (non-hydrogen) atoms. The Morgan fingerprint density at radius 1 is 1.30 bits per heavy atom. The molecule has 1 unspecified atom stereocenters. The number of carbonyl (C=O) groups is 1. The molecule has 0 aromatic carbocycles. The van der Waals surface area contributed by atoms with Crippen LogP contribution in [0.25, 0.3) is 0 Å². The number of amides is 1. The van der Waals surface area contributed by atoms with Gasteiger partial charge in [0.15, 0.2) is 0 Å². The van der Waals surface area contributed by atoms with Crippen molar-refractivity contribution in [3.05, 3.63) is 18.1 Å². The molecule has 3 rings (SSSR count). The monoisotopic (exact) mass is 276 g/mol. The molecule has 2 saturated heterocycles. The molecule has 1 atom stereocenters. The summed E-state index contributed by atoms with van der Waals surface area (Å²) in [4.78, 5) is 22.7. The van der Waals surface area contributed by atoms with Crippen LogP contribution >= 0.6 is 0 Å². The summed E-state index contributed by atoms with van der Waals surface area (Å²) in [6.07, 6.45) is 7.88. The van der Waals surface area contributed by atoms with Crippen molar-refractivity contribution < 1.29 is 9.53 Å². The average molecular weight is 276 g/mol. The summed E-state index contributed by atoms with van der Waals surface area (Å²) in [5.41, 5.74) is 0.367. The fraction of sp³-hybridized carbons (Fsp3) is 0.643. The van der Waals surface area contributed by atoms with Crippen molar-refractivity contribution in [2.45, 2.75) is 31.8 Å². The highest BCUT2D eigenvalue weighted by molar-refractivity contribution is 5.92. The fourth-order valence-corrected chi connectivity index (χ4v) is 2.65. The van der Waals surface area contributed by atoms with Crippen LogP contribution in [-0.4, -0.2) is 48.2 Å². The topological polar surface area (TPSA) is 67.3 Å². The number of hydrogen-bond donors (Lipinski definition) is 1. The Labute approximate surface area is 118 Å². The number of anilines is 1. The number of aromatic nitrogens is 2. The summed E-state index contributed by atoms with van der Waals surface area (Å²) in [5.74, 6) is 0.680. The summed E-state index contributed by atoms with van der Waals surface area (Å²) in [7, 11) is 0. The Kier molecular flexibility index (Phi) is 4.11. The van der Waals surface area contributed by atoms with E-state index in [0.29, 0.717) is 12.2 Å². The van der Waals surface area contributed by atoms with Gasteiger partial charge >= 0.3 is 0 Å². The molecule has 0 saturated carbocycles. The number of nitrogens with zero attached hydrogens (tertiary/aromatic N) is 3. The zero-order chi connectivity index (χ0) is 13.8. The van der Waals surface area contributed by atoms with Gasteiger partial charge < -0.3 is 15.0 Å². The van der Waals surface area contributed by atoms with E-state index in [1.165, 1.54) is 12.8 Å². The van der Waals surface area contributed by atoms with Crippen molar-refractivity contribution in [1.82, 2.24) is 15.3 Å². The van der Waals surface area contributed by atoms with Crippen LogP contribution in [0.3, 0.4) is 0 Å². The summed E-state index contributed by atoms with van der Waals surface area (Å²) in [6, 6.07) is 0. The molecule has 1 aromatic rings. The number of nitrogens with one attached hydrogen (secondary N) is 1. The lowest BCUT2D eigenvalue weighted by atomic mass is 10.2. The molecule has 6 heteroatoms. The van der Waals surface area contributed by atoms with Gasteiger partial charge in [0.2, 0.25) is 0 Å². The third-order valence-corrected chi connectivity index (χ3v) is 3.82. The molecular formula is C14H20N4O2. The minimum Gasteiger partial charge on any atom is -0.376 e. The molecule has 3 heterocycles. The van der Waals surface area contributed by atoms with Gasteiger partial charge in [0.25, 0.3) is 5.91 Å². The van der Waals surface area contributed by atoms with E-state index in [-0.39, 0.29) is 12.0 Å². The first-order valence-electron chi connectivity index (χ1n) is 7.30. The van der Waals surface area contributed by atoms with E-state index in [1.54, 1.807) is 12.4 Å². The molecule has 1 N–H and O–H groups in total. The third-order valence-electron chi connectivity index (χ3n) is 3.82. The van der Waals surface area contributed by atoms with Crippen molar-refractivity contribution >= 4 is 11.7 Å². The van der Waals surface area contributed by atoms with Gasteiger partial charge in [0.05, 0.1) is 18.5 Å². The maximum absolute atomic E-state index is 12.0. The van der Waals surface area contributed by atoms with E-state index < -0.39 is 0 Å². The standard InChI is InChI=1S/C14H20N4O2/c19-14(17-8-11-4-3-7-20-11)12-9-16-13(10-15-12)18-5-1-2-6-18/h9-11H,1-8H2,(H,17,19). The molecular weight excluding hydrogens is 256 g/mol. The van der Waals surface area contributed by atoms with Gasteiger partial charge in [-0.3, -0.25) is 4.79 Å². The third kappa shape index (κ3) is 3.07. The second kappa shape index (κ2) is 6.17. The van der Waals surface area contributed by atoms with E-state index in [1.807, 2.05) is 0 Å². The van der Waals surface area contributed by atoms with Crippen LogP contribution in [0, 0.1) is 0 Å². The molecule has 6 nitrogen and oxygen atoms in total. The minimum absolute atomic E-state index is 0.149. The van der Waals surface area contributed by atoms with Crippen molar-refractivity contribution in [3.8, 4) is 0 Å². The Morgan fingerprint density at radius 2 is 2.15 bits per heavy atom. The van der Waals surface area contributed by atoms with Crippen molar-refractivity contribution in [1.29, 1.82) is 0 Å². The second-order valence-electron chi connectivity index (χ2n) is 5.30. The van der Waals surface area contributed by atoms with Crippen LogP contribution < -0.4 is 10.2 Å². The molecule has 0 radical (unpaired) electrons. The molecule has 2 aliphatic rings. The number of ether oxygens (including phenoxy) is 1. The summed E-state index contributed by atoms with van der Waals surface area (Å²) < 4.78 is 5.47.